The highest BCUT2D eigenvalue weighted by atomic mass is 32.2. The Hall–Kier alpha value is -2.42. The lowest BCUT2D eigenvalue weighted by Crippen LogP contribution is -2.16. The first-order chi connectivity index (χ1) is 14.0. The molecule has 1 aliphatic heterocycles. The molecule has 0 atom stereocenters. The van der Waals surface area contributed by atoms with Crippen molar-refractivity contribution in [2.45, 2.75) is 39.7 Å². The van der Waals surface area contributed by atoms with E-state index in [1.807, 2.05) is 18.2 Å². The SMILES string of the molecule is CC(C)CCNCc1ccc2c(c1)CCc1cc(C(N)=O)ccc1O2.CS(=O)(=O)O. The maximum absolute atomic E-state index is 11.4. The standard InChI is InChI=1S/C21H26N2O2.CH4O3S/c1-14(2)9-10-23-13-15-3-7-19-16(11-15)4-5-17-12-18(21(22)24)6-8-20(17)25-19;1-5(2,3)4/h3,6-8,11-12,14,23H,4-5,9-10,13H2,1-2H3,(H2,22,24);1H3,(H,2,3,4). The number of nitrogens with two attached hydrogens (primary N) is 1. The van der Waals surface area contributed by atoms with Gasteiger partial charge >= 0.3 is 0 Å². The third kappa shape index (κ3) is 8.14. The molecule has 30 heavy (non-hydrogen) atoms. The van der Waals surface area contributed by atoms with Crippen LogP contribution in [0.15, 0.2) is 36.4 Å². The first kappa shape index (κ1) is 23.9. The summed E-state index contributed by atoms with van der Waals surface area (Å²) >= 11 is 0. The summed E-state index contributed by atoms with van der Waals surface area (Å²) in [5.74, 6) is 2.03. The molecule has 2 aromatic carbocycles. The van der Waals surface area contributed by atoms with Crippen molar-refractivity contribution in [3.8, 4) is 11.5 Å². The largest absolute Gasteiger partial charge is 0.457 e. The van der Waals surface area contributed by atoms with Gasteiger partial charge in [0.2, 0.25) is 5.91 Å². The molecular formula is C22H30N2O5S. The Morgan fingerprint density at radius 1 is 1.13 bits per heavy atom. The van der Waals surface area contributed by atoms with E-state index >= 15 is 0 Å². The van der Waals surface area contributed by atoms with E-state index in [0.717, 1.165) is 48.9 Å². The van der Waals surface area contributed by atoms with Crippen LogP contribution in [0, 0.1) is 5.92 Å². The van der Waals surface area contributed by atoms with Crippen LogP contribution in [0.4, 0.5) is 0 Å². The number of carbonyl (C=O) groups is 1. The number of carbonyl (C=O) groups excluding carboxylic acids is 1. The predicted molar refractivity (Wildman–Crippen MR) is 118 cm³/mol. The highest BCUT2D eigenvalue weighted by molar-refractivity contribution is 7.85. The van der Waals surface area contributed by atoms with Gasteiger partial charge in [0, 0.05) is 12.1 Å². The zero-order valence-corrected chi connectivity index (χ0v) is 18.5. The van der Waals surface area contributed by atoms with Gasteiger partial charge in [0.25, 0.3) is 10.1 Å². The highest BCUT2D eigenvalue weighted by Gasteiger charge is 2.16. The second kappa shape index (κ2) is 10.6. The van der Waals surface area contributed by atoms with E-state index in [1.54, 1.807) is 6.07 Å². The number of amides is 1. The van der Waals surface area contributed by atoms with Crippen LogP contribution in [0.25, 0.3) is 0 Å². The topological polar surface area (TPSA) is 119 Å². The zero-order valence-electron chi connectivity index (χ0n) is 17.6. The predicted octanol–water partition coefficient (Wildman–Crippen LogP) is 3.32. The molecule has 8 heteroatoms. The molecule has 0 radical (unpaired) electrons. The van der Waals surface area contributed by atoms with Gasteiger partial charge in [-0.2, -0.15) is 8.42 Å². The molecule has 1 aliphatic rings. The summed E-state index contributed by atoms with van der Waals surface area (Å²) in [6.07, 6.45) is 3.64. The number of hydrogen-bond donors (Lipinski definition) is 3. The summed E-state index contributed by atoms with van der Waals surface area (Å²) in [6.45, 7) is 6.39. The third-order valence-electron chi connectivity index (χ3n) is 4.58. The molecule has 0 aliphatic carbocycles. The minimum absolute atomic E-state index is 0.403. The van der Waals surface area contributed by atoms with E-state index in [-0.39, 0.29) is 0 Å². The molecule has 1 amide bonds. The Bertz CT molecular complexity index is 979. The third-order valence-corrected chi connectivity index (χ3v) is 4.58. The molecule has 0 spiro atoms. The first-order valence-corrected chi connectivity index (χ1v) is 11.7. The fourth-order valence-corrected chi connectivity index (χ4v) is 3.08. The van der Waals surface area contributed by atoms with Crippen LogP contribution in [0.5, 0.6) is 11.5 Å². The lowest BCUT2D eigenvalue weighted by Gasteiger charge is -2.11. The number of primary amides is 1. The van der Waals surface area contributed by atoms with Crippen LogP contribution in [-0.4, -0.2) is 31.7 Å². The molecule has 0 saturated carbocycles. The number of hydrogen-bond acceptors (Lipinski definition) is 5. The van der Waals surface area contributed by atoms with Gasteiger partial charge in [0.05, 0.1) is 6.26 Å². The van der Waals surface area contributed by atoms with Crippen LogP contribution in [0.3, 0.4) is 0 Å². The average Bonchev–Trinajstić information content (AvgIpc) is 2.82. The van der Waals surface area contributed by atoms with Crippen LogP contribution in [0.1, 0.15) is 47.3 Å². The molecular weight excluding hydrogens is 404 g/mol. The van der Waals surface area contributed by atoms with Crippen molar-refractivity contribution in [1.82, 2.24) is 5.32 Å². The quantitative estimate of drug-likeness (QED) is 0.474. The molecule has 0 unspecified atom stereocenters. The van der Waals surface area contributed by atoms with Crippen molar-refractivity contribution >= 4 is 16.0 Å². The molecule has 0 bridgehead atoms. The van der Waals surface area contributed by atoms with E-state index in [2.05, 4.69) is 31.3 Å². The lowest BCUT2D eigenvalue weighted by atomic mass is 10.0. The number of aryl methyl sites for hydroxylation is 2. The second-order valence-corrected chi connectivity index (χ2v) is 9.29. The normalized spacial score (nSPS) is 12.7. The summed E-state index contributed by atoms with van der Waals surface area (Å²) in [6, 6.07) is 11.8. The van der Waals surface area contributed by atoms with Gasteiger partial charge in [-0.25, -0.2) is 0 Å². The van der Waals surface area contributed by atoms with Crippen molar-refractivity contribution in [3.05, 3.63) is 58.7 Å². The van der Waals surface area contributed by atoms with Crippen LogP contribution < -0.4 is 15.8 Å². The summed E-state index contributed by atoms with van der Waals surface area (Å²) in [7, 11) is -3.67. The van der Waals surface area contributed by atoms with Gasteiger partial charge in [-0.05, 0) is 72.7 Å². The van der Waals surface area contributed by atoms with Gasteiger partial charge in [-0.1, -0.05) is 26.0 Å². The molecule has 0 saturated heterocycles. The van der Waals surface area contributed by atoms with Crippen molar-refractivity contribution in [2.24, 2.45) is 11.7 Å². The zero-order chi connectivity index (χ0) is 22.3. The Morgan fingerprint density at radius 3 is 2.27 bits per heavy atom. The van der Waals surface area contributed by atoms with E-state index in [9.17, 15) is 13.2 Å². The molecule has 7 nitrogen and oxygen atoms in total. The molecule has 164 valence electrons. The molecule has 2 aromatic rings. The number of benzene rings is 2. The molecule has 0 fully saturated rings. The van der Waals surface area contributed by atoms with Crippen LogP contribution in [0.2, 0.25) is 0 Å². The van der Waals surface area contributed by atoms with Crippen molar-refractivity contribution < 1.29 is 22.5 Å². The van der Waals surface area contributed by atoms with Gasteiger partial charge in [0.1, 0.15) is 11.5 Å². The highest BCUT2D eigenvalue weighted by Crippen LogP contribution is 2.34. The van der Waals surface area contributed by atoms with Gasteiger partial charge in [0.15, 0.2) is 0 Å². The van der Waals surface area contributed by atoms with Gasteiger partial charge in [-0.3, -0.25) is 9.35 Å². The van der Waals surface area contributed by atoms with Crippen LogP contribution in [-0.2, 0) is 29.5 Å². The Kier molecular flexibility index (Phi) is 8.40. The summed E-state index contributed by atoms with van der Waals surface area (Å²) in [5, 5.41) is 3.50. The average molecular weight is 435 g/mol. The minimum Gasteiger partial charge on any atom is -0.457 e. The summed E-state index contributed by atoms with van der Waals surface area (Å²) in [5.41, 5.74) is 9.42. The maximum Gasteiger partial charge on any atom is 0.261 e. The molecule has 3 rings (SSSR count). The van der Waals surface area contributed by atoms with Crippen molar-refractivity contribution in [2.75, 3.05) is 12.8 Å². The molecule has 0 aromatic heterocycles. The van der Waals surface area contributed by atoms with E-state index in [1.165, 1.54) is 17.5 Å². The summed E-state index contributed by atoms with van der Waals surface area (Å²) in [4.78, 5) is 11.4. The van der Waals surface area contributed by atoms with Gasteiger partial charge in [-0.15, -0.1) is 0 Å². The number of nitrogens with one attached hydrogen (secondary N) is 1. The number of fused-ring (bicyclic) bond motifs is 2. The molecule has 1 heterocycles. The van der Waals surface area contributed by atoms with Crippen molar-refractivity contribution in [1.29, 1.82) is 0 Å². The monoisotopic (exact) mass is 434 g/mol. The first-order valence-electron chi connectivity index (χ1n) is 9.88. The van der Waals surface area contributed by atoms with E-state index in [0.29, 0.717) is 11.8 Å². The maximum atomic E-state index is 11.4. The number of ether oxygens (including phenoxy) is 1. The summed E-state index contributed by atoms with van der Waals surface area (Å²) < 4.78 is 31.9. The van der Waals surface area contributed by atoms with Crippen LogP contribution >= 0.6 is 0 Å². The van der Waals surface area contributed by atoms with Gasteiger partial charge < -0.3 is 15.8 Å². The lowest BCUT2D eigenvalue weighted by molar-refractivity contribution is 0.1000. The smallest absolute Gasteiger partial charge is 0.261 e. The minimum atomic E-state index is -3.67. The fourth-order valence-electron chi connectivity index (χ4n) is 3.08. The Balaban J connectivity index is 0.000000575. The Morgan fingerprint density at radius 2 is 1.70 bits per heavy atom. The molecule has 4 N–H and O–H groups in total. The fraction of sp³-hybridized carbons (Fsp3) is 0.409. The van der Waals surface area contributed by atoms with Crippen molar-refractivity contribution in [3.63, 3.8) is 0 Å². The number of rotatable bonds is 6. The van der Waals surface area contributed by atoms with E-state index in [4.69, 9.17) is 15.0 Å². The second-order valence-electron chi connectivity index (χ2n) is 7.82. The van der Waals surface area contributed by atoms with E-state index < -0.39 is 16.0 Å². The Labute approximate surface area is 178 Å².